The van der Waals surface area contributed by atoms with Crippen LogP contribution in [0.1, 0.15) is 17.0 Å². The van der Waals surface area contributed by atoms with E-state index < -0.39 is 0 Å². The molecule has 2 amide bonds. The molecule has 0 atom stereocenters. The van der Waals surface area contributed by atoms with Crippen molar-refractivity contribution < 1.29 is 14.1 Å². The molecule has 0 aliphatic heterocycles. The number of hydrogen-bond donors (Lipinski definition) is 1. The third kappa shape index (κ3) is 3.31. The molecule has 0 aliphatic carbocycles. The number of hydrogen-bond acceptors (Lipinski definition) is 5. The molecule has 0 fully saturated rings. The van der Waals surface area contributed by atoms with E-state index in [2.05, 4.69) is 15.5 Å². The lowest BCUT2D eigenvalue weighted by molar-refractivity contribution is 0.220. The number of carbonyl (C=O) groups is 1. The number of methoxy groups -OCH3 is 1. The number of nitrogens with one attached hydrogen (secondary N) is 1. The highest BCUT2D eigenvalue weighted by molar-refractivity contribution is 5.90. The van der Waals surface area contributed by atoms with Gasteiger partial charge in [-0.1, -0.05) is 5.16 Å². The monoisotopic (exact) mass is 290 g/mol. The number of carbonyl (C=O) groups excluding carboxylic acids is 1. The number of aromatic nitrogens is 2. The van der Waals surface area contributed by atoms with Gasteiger partial charge in [-0.25, -0.2) is 9.78 Å². The zero-order valence-corrected chi connectivity index (χ0v) is 12.5. The van der Waals surface area contributed by atoms with Crippen LogP contribution >= 0.6 is 0 Å². The number of urea groups is 1. The van der Waals surface area contributed by atoms with Crippen molar-refractivity contribution in [3.8, 4) is 5.88 Å². The summed E-state index contributed by atoms with van der Waals surface area (Å²) in [7, 11) is 3.20. The Morgan fingerprint density at radius 1 is 1.48 bits per heavy atom. The lowest BCUT2D eigenvalue weighted by atomic mass is 10.2. The summed E-state index contributed by atoms with van der Waals surface area (Å²) in [5.41, 5.74) is 2.22. The molecule has 1 N–H and O–H groups in total. The van der Waals surface area contributed by atoms with Crippen LogP contribution in [0, 0.1) is 13.8 Å². The van der Waals surface area contributed by atoms with E-state index in [1.165, 1.54) is 7.11 Å². The number of amides is 2. The van der Waals surface area contributed by atoms with Gasteiger partial charge in [0.2, 0.25) is 5.88 Å². The van der Waals surface area contributed by atoms with Crippen LogP contribution in [-0.4, -0.2) is 35.2 Å². The fourth-order valence-electron chi connectivity index (χ4n) is 1.90. The predicted octanol–water partition coefficient (Wildman–Crippen LogP) is 2.36. The molecule has 2 heterocycles. The van der Waals surface area contributed by atoms with Gasteiger partial charge in [0, 0.05) is 18.8 Å². The molecular weight excluding hydrogens is 272 g/mol. The Morgan fingerprint density at radius 3 is 2.86 bits per heavy atom. The Kier molecular flexibility index (Phi) is 4.42. The topological polar surface area (TPSA) is 80.5 Å². The van der Waals surface area contributed by atoms with Crippen molar-refractivity contribution in [2.75, 3.05) is 19.5 Å². The summed E-state index contributed by atoms with van der Waals surface area (Å²) in [5, 5.41) is 6.64. The van der Waals surface area contributed by atoms with Crippen LogP contribution in [0.3, 0.4) is 0 Å². The minimum Gasteiger partial charge on any atom is -0.480 e. The zero-order valence-electron chi connectivity index (χ0n) is 12.5. The summed E-state index contributed by atoms with van der Waals surface area (Å²) in [6, 6.07) is 3.20. The normalized spacial score (nSPS) is 10.3. The van der Waals surface area contributed by atoms with Gasteiger partial charge in [-0.2, -0.15) is 0 Å². The van der Waals surface area contributed by atoms with Crippen molar-refractivity contribution in [1.82, 2.24) is 15.0 Å². The Morgan fingerprint density at radius 2 is 2.24 bits per heavy atom. The first-order valence-corrected chi connectivity index (χ1v) is 6.45. The molecular formula is C14H18N4O3. The van der Waals surface area contributed by atoms with Gasteiger partial charge in [0.25, 0.3) is 0 Å². The molecule has 7 nitrogen and oxygen atoms in total. The number of rotatable bonds is 4. The van der Waals surface area contributed by atoms with E-state index in [0.717, 1.165) is 11.3 Å². The van der Waals surface area contributed by atoms with Gasteiger partial charge in [-0.05, 0) is 26.0 Å². The second-order valence-electron chi connectivity index (χ2n) is 4.65. The molecule has 0 saturated carbocycles. The molecule has 0 bridgehead atoms. The molecule has 2 aromatic heterocycles. The van der Waals surface area contributed by atoms with E-state index in [-0.39, 0.29) is 6.03 Å². The molecule has 7 heteroatoms. The summed E-state index contributed by atoms with van der Waals surface area (Å²) >= 11 is 0. The highest BCUT2D eigenvalue weighted by Gasteiger charge is 2.16. The highest BCUT2D eigenvalue weighted by atomic mass is 16.5. The first-order valence-electron chi connectivity index (χ1n) is 6.45. The Hall–Kier alpha value is -2.57. The molecule has 0 aromatic carbocycles. The largest absolute Gasteiger partial charge is 0.480 e. The summed E-state index contributed by atoms with van der Waals surface area (Å²) in [4.78, 5) is 17.8. The van der Waals surface area contributed by atoms with Crippen LogP contribution in [0.5, 0.6) is 5.88 Å². The second-order valence-corrected chi connectivity index (χ2v) is 4.65. The maximum absolute atomic E-state index is 12.2. The molecule has 0 spiro atoms. The van der Waals surface area contributed by atoms with Gasteiger partial charge in [-0.15, -0.1) is 0 Å². The van der Waals surface area contributed by atoms with Gasteiger partial charge >= 0.3 is 6.03 Å². The number of nitrogens with zero attached hydrogens (tertiary/aromatic N) is 3. The number of pyridine rings is 1. The van der Waals surface area contributed by atoms with Crippen LogP contribution < -0.4 is 10.1 Å². The highest BCUT2D eigenvalue weighted by Crippen LogP contribution is 2.21. The Labute approximate surface area is 122 Å². The molecule has 0 radical (unpaired) electrons. The van der Waals surface area contributed by atoms with Gasteiger partial charge in [0.05, 0.1) is 19.3 Å². The van der Waals surface area contributed by atoms with E-state index in [9.17, 15) is 4.79 Å². The van der Waals surface area contributed by atoms with Crippen LogP contribution in [0.25, 0.3) is 0 Å². The molecule has 0 aliphatic rings. The maximum Gasteiger partial charge on any atom is 0.322 e. The third-order valence-corrected chi connectivity index (χ3v) is 3.13. The molecule has 2 rings (SSSR count). The van der Waals surface area contributed by atoms with Gasteiger partial charge < -0.3 is 19.5 Å². The van der Waals surface area contributed by atoms with Crippen LogP contribution in [0.4, 0.5) is 10.5 Å². The number of anilines is 1. The summed E-state index contributed by atoms with van der Waals surface area (Å²) in [6.07, 6.45) is 1.60. The van der Waals surface area contributed by atoms with E-state index in [1.807, 2.05) is 13.8 Å². The fourth-order valence-corrected chi connectivity index (χ4v) is 1.90. The van der Waals surface area contributed by atoms with Crippen LogP contribution in [0.15, 0.2) is 22.9 Å². The number of aryl methyl sites for hydroxylation is 2. The van der Waals surface area contributed by atoms with Crippen LogP contribution in [-0.2, 0) is 6.54 Å². The van der Waals surface area contributed by atoms with E-state index >= 15 is 0 Å². The number of ether oxygens (including phenoxy) is 1. The van der Waals surface area contributed by atoms with Crippen molar-refractivity contribution in [2.45, 2.75) is 20.4 Å². The maximum atomic E-state index is 12.2. The molecule has 2 aromatic rings. The van der Waals surface area contributed by atoms with Crippen LogP contribution in [0.2, 0.25) is 0 Å². The molecule has 21 heavy (non-hydrogen) atoms. The lowest BCUT2D eigenvalue weighted by Crippen LogP contribution is -2.31. The fraction of sp³-hybridized carbons (Fsp3) is 0.357. The summed E-state index contributed by atoms with van der Waals surface area (Å²) < 4.78 is 10.2. The predicted molar refractivity (Wildman–Crippen MR) is 77.3 cm³/mol. The van der Waals surface area contributed by atoms with E-state index in [4.69, 9.17) is 9.26 Å². The zero-order chi connectivity index (χ0) is 15.4. The smallest absolute Gasteiger partial charge is 0.322 e. The van der Waals surface area contributed by atoms with Crippen molar-refractivity contribution in [3.05, 3.63) is 35.3 Å². The SMILES string of the molecule is COc1ncccc1NC(=O)N(C)Cc1c(C)noc1C. The Bertz CT molecular complexity index is 619. The minimum absolute atomic E-state index is 0.263. The van der Waals surface area contributed by atoms with Crippen molar-refractivity contribution in [3.63, 3.8) is 0 Å². The first-order chi connectivity index (χ1) is 10.0. The average molecular weight is 290 g/mol. The first kappa shape index (κ1) is 14.8. The third-order valence-electron chi connectivity index (χ3n) is 3.13. The van der Waals surface area contributed by atoms with Gasteiger partial charge in [-0.3, -0.25) is 0 Å². The van der Waals surface area contributed by atoms with E-state index in [0.29, 0.717) is 23.9 Å². The minimum atomic E-state index is -0.263. The van der Waals surface area contributed by atoms with Gasteiger partial charge in [0.1, 0.15) is 11.4 Å². The van der Waals surface area contributed by atoms with Crippen molar-refractivity contribution in [2.24, 2.45) is 0 Å². The summed E-state index contributed by atoms with van der Waals surface area (Å²) in [5.74, 6) is 1.09. The molecule has 0 unspecified atom stereocenters. The second kappa shape index (κ2) is 6.25. The quantitative estimate of drug-likeness (QED) is 0.935. The average Bonchev–Trinajstić information content (AvgIpc) is 2.79. The Balaban J connectivity index is 2.06. The molecule has 0 saturated heterocycles. The lowest BCUT2D eigenvalue weighted by Gasteiger charge is -2.18. The van der Waals surface area contributed by atoms with Crippen molar-refractivity contribution in [1.29, 1.82) is 0 Å². The van der Waals surface area contributed by atoms with Gasteiger partial charge in [0.15, 0.2) is 0 Å². The standard InChI is InChI=1S/C14H18N4O3/c1-9-11(10(2)21-17-9)8-18(3)14(19)16-12-6-5-7-15-13(12)20-4/h5-7H,8H2,1-4H3,(H,16,19). The van der Waals surface area contributed by atoms with E-state index in [1.54, 1.807) is 30.3 Å². The van der Waals surface area contributed by atoms with Crippen molar-refractivity contribution >= 4 is 11.7 Å². The summed E-state index contributed by atoms with van der Waals surface area (Å²) in [6.45, 7) is 4.09. The molecule has 112 valence electrons.